The predicted octanol–water partition coefficient (Wildman–Crippen LogP) is 3.66. The number of nitrogens with one attached hydrogen (secondary N) is 1. The molecule has 8 heteroatoms. The fourth-order valence-corrected chi connectivity index (χ4v) is 2.74. The van der Waals surface area contributed by atoms with E-state index in [-0.39, 0.29) is 10.6 Å². The van der Waals surface area contributed by atoms with Crippen LogP contribution < -0.4 is 4.72 Å². The van der Waals surface area contributed by atoms with Crippen LogP contribution >= 0.6 is 0 Å². The first kappa shape index (κ1) is 18.7. The summed E-state index contributed by atoms with van der Waals surface area (Å²) in [5.41, 5.74) is 0.571. The normalized spacial score (nSPS) is 14.0. The van der Waals surface area contributed by atoms with Crippen LogP contribution in [0.15, 0.2) is 30.5 Å². The molecule has 1 atom stereocenters. The first-order chi connectivity index (χ1) is 11.0. The lowest BCUT2D eigenvalue weighted by molar-refractivity contribution is -0.140. The van der Waals surface area contributed by atoms with E-state index < -0.39 is 22.9 Å². The molecule has 1 aromatic carbocycles. The molecule has 0 unspecified atom stereocenters. The van der Waals surface area contributed by atoms with Crippen LogP contribution in [0.4, 0.5) is 13.2 Å². The summed E-state index contributed by atoms with van der Waals surface area (Å²) in [6.07, 6.45) is -3.49. The van der Waals surface area contributed by atoms with Gasteiger partial charge in [-0.05, 0) is 26.3 Å². The summed E-state index contributed by atoms with van der Waals surface area (Å²) >= 11 is 0. The Hall–Kier alpha value is -1.67. The van der Waals surface area contributed by atoms with Crippen molar-refractivity contribution in [2.45, 2.75) is 38.2 Å². The molecule has 2 rings (SSSR count). The molecular weight excluding hydrogens is 339 g/mol. The molecule has 0 radical (unpaired) electrons. The second kappa shape index (κ2) is 6.68. The molecule has 0 saturated carbocycles. The zero-order valence-corrected chi connectivity index (χ0v) is 14.8. The summed E-state index contributed by atoms with van der Waals surface area (Å²) in [6.45, 7) is 6.04. The van der Waals surface area contributed by atoms with Crippen molar-refractivity contribution in [2.75, 3.05) is 0 Å². The fourth-order valence-electron chi connectivity index (χ4n) is 2.01. The van der Waals surface area contributed by atoms with Gasteiger partial charge >= 0.3 is 6.18 Å². The van der Waals surface area contributed by atoms with Gasteiger partial charge in [0.1, 0.15) is 5.82 Å². The van der Waals surface area contributed by atoms with E-state index in [4.69, 9.17) is 0 Å². The Balaban J connectivity index is 2.13. The molecule has 24 heavy (non-hydrogen) atoms. The van der Waals surface area contributed by atoms with Crippen molar-refractivity contribution in [1.29, 1.82) is 0 Å². The summed E-state index contributed by atoms with van der Waals surface area (Å²) in [6, 6.07) is 6.98. The van der Waals surface area contributed by atoms with E-state index in [0.717, 1.165) is 11.8 Å². The zero-order valence-electron chi connectivity index (χ0n) is 13.9. The Labute approximate surface area is 141 Å². The lowest BCUT2D eigenvalue weighted by Gasteiger charge is -2.18. The van der Waals surface area contributed by atoms with E-state index in [1.165, 1.54) is 11.6 Å². The monoisotopic (exact) mass is 359 g/mol. The molecule has 0 saturated heterocycles. The highest BCUT2D eigenvalue weighted by Crippen LogP contribution is 2.30. The number of aryl methyl sites for hydroxylation is 1. The number of alkyl halides is 3. The lowest BCUT2D eigenvalue weighted by atomic mass is 10.1. The van der Waals surface area contributed by atoms with Crippen LogP contribution in [-0.4, -0.2) is 18.5 Å². The van der Waals surface area contributed by atoms with Gasteiger partial charge in [-0.15, -0.1) is 0 Å². The third-order valence-electron chi connectivity index (χ3n) is 3.34. The molecule has 0 amide bonds. The lowest BCUT2D eigenvalue weighted by Crippen LogP contribution is -2.32. The average Bonchev–Trinajstić information content (AvgIpc) is 2.86. The quantitative estimate of drug-likeness (QED) is 0.906. The number of benzene rings is 1. The first-order valence-electron chi connectivity index (χ1n) is 7.34. The van der Waals surface area contributed by atoms with Crippen LogP contribution in [0.5, 0.6) is 0 Å². The van der Waals surface area contributed by atoms with Crippen LogP contribution in [0, 0.1) is 0 Å². The van der Waals surface area contributed by atoms with Gasteiger partial charge in [0, 0.05) is 25.4 Å². The fraction of sp³-hybridized carbons (Fsp3) is 0.438. The van der Waals surface area contributed by atoms with Gasteiger partial charge in [0.15, 0.2) is 5.69 Å². The Kier molecular flexibility index (Phi) is 5.19. The minimum Gasteiger partial charge on any atom is -0.333 e. The second-order valence-corrected chi connectivity index (χ2v) is 8.51. The number of hydrogen-bond acceptors (Lipinski definition) is 2. The smallest absolute Gasteiger partial charge is 0.333 e. The maximum atomic E-state index is 12.7. The molecule has 132 valence electrons. The van der Waals surface area contributed by atoms with Gasteiger partial charge in [0.2, 0.25) is 0 Å². The number of rotatable bonds is 4. The predicted molar refractivity (Wildman–Crippen MR) is 88.4 cm³/mol. The van der Waals surface area contributed by atoms with Gasteiger partial charge in [0.05, 0.1) is 15.7 Å². The van der Waals surface area contributed by atoms with Crippen molar-refractivity contribution < 1.29 is 17.4 Å². The van der Waals surface area contributed by atoms with E-state index in [1.54, 1.807) is 24.3 Å². The molecule has 0 fully saturated rings. The Bertz CT molecular complexity index is 731. The average molecular weight is 359 g/mol. The highest BCUT2D eigenvalue weighted by Gasteiger charge is 2.34. The van der Waals surface area contributed by atoms with Gasteiger partial charge in [-0.2, -0.15) is 13.2 Å². The van der Waals surface area contributed by atoms with Gasteiger partial charge < -0.3 is 4.57 Å². The van der Waals surface area contributed by atoms with E-state index in [9.17, 15) is 17.4 Å². The van der Waals surface area contributed by atoms with Crippen LogP contribution in [0.3, 0.4) is 0 Å². The molecule has 0 bridgehead atoms. The van der Waals surface area contributed by atoms with Crippen LogP contribution in [-0.2, 0) is 30.8 Å². The van der Waals surface area contributed by atoms with E-state index in [2.05, 4.69) is 9.71 Å². The maximum Gasteiger partial charge on any atom is 0.434 e. The third-order valence-corrected chi connectivity index (χ3v) is 4.86. The Morgan fingerprint density at radius 1 is 1.17 bits per heavy atom. The van der Waals surface area contributed by atoms with Crippen LogP contribution in [0.25, 0.3) is 11.4 Å². The van der Waals surface area contributed by atoms with Gasteiger partial charge in [-0.3, -0.25) is 0 Å². The molecule has 2 aromatic rings. The summed E-state index contributed by atoms with van der Waals surface area (Å²) in [4.78, 5) is 3.66. The molecule has 1 N–H and O–H groups in total. The highest BCUT2D eigenvalue weighted by molar-refractivity contribution is 7.84. The SMILES string of the molecule is Cn1cc(C(F)(F)F)nc1-c1ccc(CN[S@@](=O)C(C)(C)C)cc1. The molecule has 1 aromatic heterocycles. The van der Waals surface area contributed by atoms with Crippen LogP contribution in [0.1, 0.15) is 32.0 Å². The van der Waals surface area contributed by atoms with Crippen molar-refractivity contribution in [3.63, 3.8) is 0 Å². The largest absolute Gasteiger partial charge is 0.434 e. The van der Waals surface area contributed by atoms with Gasteiger partial charge in [-0.1, -0.05) is 24.3 Å². The zero-order chi connectivity index (χ0) is 18.1. The van der Waals surface area contributed by atoms with Crippen molar-refractivity contribution in [2.24, 2.45) is 7.05 Å². The molecule has 0 aliphatic rings. The molecular formula is C16H20F3N3OS. The molecule has 0 aliphatic carbocycles. The molecule has 1 heterocycles. The summed E-state index contributed by atoms with van der Waals surface area (Å²) in [5, 5.41) is 0. The molecule has 0 aliphatic heterocycles. The van der Waals surface area contributed by atoms with Gasteiger partial charge in [-0.25, -0.2) is 13.9 Å². The summed E-state index contributed by atoms with van der Waals surface area (Å²) in [7, 11) is 0.346. The Morgan fingerprint density at radius 3 is 2.21 bits per heavy atom. The van der Waals surface area contributed by atoms with E-state index >= 15 is 0 Å². The van der Waals surface area contributed by atoms with Gasteiger partial charge in [0.25, 0.3) is 0 Å². The molecule has 0 spiro atoms. The summed E-state index contributed by atoms with van der Waals surface area (Å²) in [5.74, 6) is 0.250. The second-order valence-electron chi connectivity index (χ2n) is 6.46. The van der Waals surface area contributed by atoms with Crippen LogP contribution in [0.2, 0.25) is 0 Å². The standard InChI is InChI=1S/C16H20F3N3OS/c1-15(2,3)24(23)20-9-11-5-7-12(8-6-11)14-21-13(10-22(14)4)16(17,18)19/h5-8,10,20H,9H2,1-4H3/t24-/m0/s1. The maximum absolute atomic E-state index is 12.7. The third kappa shape index (κ3) is 4.45. The summed E-state index contributed by atoms with van der Waals surface area (Å²) < 4.78 is 54.0. The Morgan fingerprint density at radius 2 is 1.75 bits per heavy atom. The number of aromatic nitrogens is 2. The minimum atomic E-state index is -4.46. The van der Waals surface area contributed by atoms with Crippen molar-refractivity contribution in [1.82, 2.24) is 14.3 Å². The minimum absolute atomic E-state index is 0.250. The van der Waals surface area contributed by atoms with Crippen molar-refractivity contribution >= 4 is 11.0 Å². The number of nitrogens with zero attached hydrogens (tertiary/aromatic N) is 2. The first-order valence-corrected chi connectivity index (χ1v) is 8.49. The van der Waals surface area contributed by atoms with Crippen molar-refractivity contribution in [3.8, 4) is 11.4 Å². The highest BCUT2D eigenvalue weighted by atomic mass is 32.2. The number of imidazole rings is 1. The molecule has 4 nitrogen and oxygen atoms in total. The van der Waals surface area contributed by atoms with Crippen molar-refractivity contribution in [3.05, 3.63) is 41.7 Å². The van der Waals surface area contributed by atoms with E-state index in [0.29, 0.717) is 12.1 Å². The van der Waals surface area contributed by atoms with E-state index in [1.807, 2.05) is 20.8 Å². The number of halogens is 3. The number of hydrogen-bond donors (Lipinski definition) is 1. The topological polar surface area (TPSA) is 46.9 Å².